The molecule has 1 aromatic heterocycles. The van der Waals surface area contributed by atoms with E-state index >= 15 is 0 Å². The molecule has 0 aliphatic heterocycles. The molecule has 0 radical (unpaired) electrons. The first-order valence-corrected chi connectivity index (χ1v) is 4.30. The third-order valence-electron chi connectivity index (χ3n) is 1.79. The third kappa shape index (κ3) is 2.01. The molecule has 3 heteroatoms. The Morgan fingerprint density at radius 3 is 2.57 bits per heavy atom. The van der Waals surface area contributed by atoms with Crippen molar-refractivity contribution in [2.24, 2.45) is 0 Å². The Morgan fingerprint density at radius 1 is 1.14 bits per heavy atom. The molecule has 0 saturated heterocycles. The van der Waals surface area contributed by atoms with Gasteiger partial charge in [-0.2, -0.15) is 0 Å². The summed E-state index contributed by atoms with van der Waals surface area (Å²) in [7, 11) is 0. The molecular weight excluding hydrogens is 176 g/mol. The summed E-state index contributed by atoms with van der Waals surface area (Å²) in [4.78, 5) is 0. The van der Waals surface area contributed by atoms with Gasteiger partial charge in [-0.1, -0.05) is 41.6 Å². The summed E-state index contributed by atoms with van der Waals surface area (Å²) < 4.78 is 4.73. The van der Waals surface area contributed by atoms with Crippen LogP contribution in [0.3, 0.4) is 0 Å². The zero-order valence-corrected chi connectivity index (χ0v) is 7.55. The molecule has 70 valence electrons. The molecule has 0 aliphatic rings. The van der Waals surface area contributed by atoms with Gasteiger partial charge in [0.1, 0.15) is 5.69 Å². The van der Waals surface area contributed by atoms with Crippen LogP contribution in [-0.4, -0.2) is 5.16 Å². The smallest absolute Gasteiger partial charge is 0.222 e. The molecule has 1 heterocycles. The number of benzene rings is 1. The second-order valence-corrected chi connectivity index (χ2v) is 2.90. The first-order valence-electron chi connectivity index (χ1n) is 4.30. The maximum atomic E-state index is 5.38. The van der Waals surface area contributed by atoms with Gasteiger partial charge in [-0.15, -0.1) is 0 Å². The summed E-state index contributed by atoms with van der Waals surface area (Å²) in [5, 5.41) is 3.74. The number of nitrogens with two attached hydrogens (primary N) is 1. The predicted molar refractivity (Wildman–Crippen MR) is 56.3 cm³/mol. The topological polar surface area (TPSA) is 52.0 Å². The van der Waals surface area contributed by atoms with Crippen LogP contribution in [0.4, 0.5) is 5.88 Å². The highest BCUT2D eigenvalue weighted by Gasteiger charge is 1.94. The summed E-state index contributed by atoms with van der Waals surface area (Å²) in [5.74, 6) is 0.331. The number of nitrogen functional groups attached to an aromatic ring is 1. The highest BCUT2D eigenvalue weighted by Crippen LogP contribution is 2.09. The Labute approximate surface area is 81.8 Å². The molecule has 2 aromatic rings. The minimum atomic E-state index is 0.331. The first-order chi connectivity index (χ1) is 6.84. The number of anilines is 1. The molecule has 1 aromatic carbocycles. The van der Waals surface area contributed by atoms with Crippen molar-refractivity contribution in [3.8, 4) is 0 Å². The Bertz CT molecular complexity index is 432. The molecule has 0 unspecified atom stereocenters. The van der Waals surface area contributed by atoms with E-state index in [1.54, 1.807) is 6.07 Å². The van der Waals surface area contributed by atoms with Crippen molar-refractivity contribution in [3.63, 3.8) is 0 Å². The number of aromatic nitrogens is 1. The zero-order chi connectivity index (χ0) is 9.80. The molecular formula is C11H10N2O. The Kier molecular flexibility index (Phi) is 2.32. The second-order valence-electron chi connectivity index (χ2n) is 2.90. The van der Waals surface area contributed by atoms with Crippen LogP contribution in [0.1, 0.15) is 11.3 Å². The maximum absolute atomic E-state index is 5.38. The maximum Gasteiger partial charge on any atom is 0.222 e. The van der Waals surface area contributed by atoms with Crippen LogP contribution in [0.15, 0.2) is 40.9 Å². The molecule has 0 spiro atoms. The van der Waals surface area contributed by atoms with Gasteiger partial charge in [0.25, 0.3) is 0 Å². The highest BCUT2D eigenvalue weighted by molar-refractivity contribution is 5.68. The minimum absolute atomic E-state index is 0.331. The van der Waals surface area contributed by atoms with Gasteiger partial charge in [0, 0.05) is 6.07 Å². The Balaban J connectivity index is 2.15. The van der Waals surface area contributed by atoms with E-state index in [-0.39, 0.29) is 0 Å². The van der Waals surface area contributed by atoms with Crippen LogP contribution in [0.25, 0.3) is 12.2 Å². The minimum Gasteiger partial charge on any atom is -0.368 e. The highest BCUT2D eigenvalue weighted by atomic mass is 16.5. The molecule has 2 N–H and O–H groups in total. The molecule has 0 saturated carbocycles. The lowest BCUT2D eigenvalue weighted by Crippen LogP contribution is -1.75. The average molecular weight is 186 g/mol. The van der Waals surface area contributed by atoms with Gasteiger partial charge in [0.15, 0.2) is 0 Å². The lowest BCUT2D eigenvalue weighted by atomic mass is 10.2. The summed E-state index contributed by atoms with van der Waals surface area (Å²) in [6.45, 7) is 0. The van der Waals surface area contributed by atoms with Gasteiger partial charge in [0.05, 0.1) is 0 Å². The summed E-state index contributed by atoms with van der Waals surface area (Å²) in [6, 6.07) is 11.7. The second kappa shape index (κ2) is 3.79. The van der Waals surface area contributed by atoms with E-state index in [4.69, 9.17) is 10.3 Å². The Morgan fingerprint density at radius 2 is 1.93 bits per heavy atom. The fourth-order valence-electron chi connectivity index (χ4n) is 1.13. The summed E-state index contributed by atoms with van der Waals surface area (Å²) in [5.41, 5.74) is 7.23. The summed E-state index contributed by atoms with van der Waals surface area (Å²) >= 11 is 0. The summed E-state index contributed by atoms with van der Waals surface area (Å²) in [6.07, 6.45) is 3.81. The van der Waals surface area contributed by atoms with E-state index in [1.165, 1.54) is 0 Å². The first kappa shape index (κ1) is 8.56. The quantitative estimate of drug-likeness (QED) is 0.783. The van der Waals surface area contributed by atoms with Gasteiger partial charge in [-0.05, 0) is 11.6 Å². The lowest BCUT2D eigenvalue weighted by molar-refractivity contribution is 0.435. The van der Waals surface area contributed by atoms with Gasteiger partial charge in [-0.25, -0.2) is 0 Å². The lowest BCUT2D eigenvalue weighted by Gasteiger charge is -1.88. The van der Waals surface area contributed by atoms with Crippen molar-refractivity contribution in [2.45, 2.75) is 0 Å². The molecule has 0 atom stereocenters. The van der Waals surface area contributed by atoms with Gasteiger partial charge >= 0.3 is 0 Å². The average Bonchev–Trinajstić information content (AvgIpc) is 2.63. The molecule has 0 amide bonds. The van der Waals surface area contributed by atoms with E-state index in [1.807, 2.05) is 42.5 Å². The molecule has 14 heavy (non-hydrogen) atoms. The van der Waals surface area contributed by atoms with Gasteiger partial charge < -0.3 is 10.3 Å². The van der Waals surface area contributed by atoms with Crippen LogP contribution in [-0.2, 0) is 0 Å². The third-order valence-corrected chi connectivity index (χ3v) is 1.79. The van der Waals surface area contributed by atoms with Crippen molar-refractivity contribution < 1.29 is 4.52 Å². The van der Waals surface area contributed by atoms with E-state index in [0.717, 1.165) is 11.3 Å². The van der Waals surface area contributed by atoms with Crippen LogP contribution >= 0.6 is 0 Å². The van der Waals surface area contributed by atoms with Gasteiger partial charge in [-0.3, -0.25) is 0 Å². The largest absolute Gasteiger partial charge is 0.368 e. The fourth-order valence-corrected chi connectivity index (χ4v) is 1.13. The normalized spacial score (nSPS) is 10.9. The van der Waals surface area contributed by atoms with Crippen LogP contribution in [0.2, 0.25) is 0 Å². The number of hydrogen-bond donors (Lipinski definition) is 1. The van der Waals surface area contributed by atoms with Crippen molar-refractivity contribution in [2.75, 3.05) is 5.73 Å². The van der Waals surface area contributed by atoms with E-state index in [2.05, 4.69) is 5.16 Å². The Hall–Kier alpha value is -2.03. The SMILES string of the molecule is Nc1cc(/C=C/c2ccccc2)no1. The van der Waals surface area contributed by atoms with E-state index in [9.17, 15) is 0 Å². The van der Waals surface area contributed by atoms with E-state index in [0.29, 0.717) is 5.88 Å². The molecule has 3 nitrogen and oxygen atoms in total. The van der Waals surface area contributed by atoms with Crippen molar-refractivity contribution in [1.29, 1.82) is 0 Å². The van der Waals surface area contributed by atoms with Crippen LogP contribution in [0.5, 0.6) is 0 Å². The van der Waals surface area contributed by atoms with E-state index < -0.39 is 0 Å². The number of rotatable bonds is 2. The fraction of sp³-hybridized carbons (Fsp3) is 0. The predicted octanol–water partition coefficient (Wildman–Crippen LogP) is 2.43. The van der Waals surface area contributed by atoms with Crippen molar-refractivity contribution in [1.82, 2.24) is 5.16 Å². The molecule has 0 bridgehead atoms. The van der Waals surface area contributed by atoms with Gasteiger partial charge in [0.2, 0.25) is 5.88 Å². The van der Waals surface area contributed by atoms with Crippen molar-refractivity contribution >= 4 is 18.0 Å². The number of nitrogens with zero attached hydrogens (tertiary/aromatic N) is 1. The monoisotopic (exact) mass is 186 g/mol. The van der Waals surface area contributed by atoms with Crippen LogP contribution in [0, 0.1) is 0 Å². The van der Waals surface area contributed by atoms with Crippen molar-refractivity contribution in [3.05, 3.63) is 47.7 Å². The molecule has 0 fully saturated rings. The molecule has 2 rings (SSSR count). The molecule has 0 aliphatic carbocycles. The zero-order valence-electron chi connectivity index (χ0n) is 7.55. The van der Waals surface area contributed by atoms with Crippen LogP contribution < -0.4 is 5.73 Å². The number of hydrogen-bond acceptors (Lipinski definition) is 3. The standard InChI is InChI=1S/C11H10N2O/c12-11-8-10(13-14-11)7-6-9-4-2-1-3-5-9/h1-8H,12H2/b7-6+.